The minimum absolute atomic E-state index is 0.0655. The fourth-order valence-corrected chi connectivity index (χ4v) is 6.35. The highest BCUT2D eigenvalue weighted by Crippen LogP contribution is 2.31. The van der Waals surface area contributed by atoms with E-state index in [0.29, 0.717) is 6.54 Å². The Bertz CT molecular complexity index is 1190. The van der Waals surface area contributed by atoms with Gasteiger partial charge in [-0.1, -0.05) is 36.4 Å². The van der Waals surface area contributed by atoms with Crippen LogP contribution in [0.2, 0.25) is 0 Å². The highest BCUT2D eigenvalue weighted by Gasteiger charge is 2.46. The molecule has 4 rings (SSSR count). The molecule has 1 aromatic carbocycles. The monoisotopic (exact) mass is 599 g/mol. The maximum Gasteiger partial charge on any atom is 0.410 e. The molecule has 4 amide bonds. The number of hydrogen-bond donors (Lipinski definition) is 2. The number of carbonyl (C=O) groups is 4. The molecule has 0 bridgehead atoms. The van der Waals surface area contributed by atoms with E-state index in [2.05, 4.69) is 10.2 Å². The lowest BCUT2D eigenvalue weighted by Crippen LogP contribution is -2.66. The normalized spacial score (nSPS) is 20.8. The van der Waals surface area contributed by atoms with Crippen molar-refractivity contribution in [2.45, 2.75) is 50.9 Å². The second-order valence-corrected chi connectivity index (χ2v) is 12.1. The van der Waals surface area contributed by atoms with E-state index in [4.69, 9.17) is 4.74 Å². The summed E-state index contributed by atoms with van der Waals surface area (Å²) in [6.45, 7) is 1.62. The molecule has 1 unspecified atom stereocenters. The number of piperidine rings is 1. The Morgan fingerprint density at radius 3 is 2.52 bits per heavy atom. The van der Waals surface area contributed by atoms with Gasteiger partial charge in [0.15, 0.2) is 0 Å². The number of thiophene rings is 1. The zero-order chi connectivity index (χ0) is 30.1. The van der Waals surface area contributed by atoms with Gasteiger partial charge in [0.1, 0.15) is 18.7 Å². The van der Waals surface area contributed by atoms with Crippen LogP contribution >= 0.6 is 11.3 Å². The second-order valence-electron chi connectivity index (χ2n) is 11.1. The number of ether oxygens (including phenoxy) is 1. The predicted octanol–water partition coefficient (Wildman–Crippen LogP) is 3.31. The minimum atomic E-state index is -1.14. The molecular weight excluding hydrogens is 558 g/mol. The summed E-state index contributed by atoms with van der Waals surface area (Å²) in [5.74, 6) is -0.855. The first-order chi connectivity index (χ1) is 20.2. The number of carboxylic acid groups (broad SMARTS) is 1. The predicted molar refractivity (Wildman–Crippen MR) is 159 cm³/mol. The Morgan fingerprint density at radius 1 is 1.05 bits per heavy atom. The van der Waals surface area contributed by atoms with Crippen LogP contribution in [0.4, 0.5) is 9.59 Å². The van der Waals surface area contributed by atoms with E-state index in [1.807, 2.05) is 61.9 Å². The molecule has 2 saturated heterocycles. The molecular formula is C30H41N5O6S. The summed E-state index contributed by atoms with van der Waals surface area (Å²) in [6.07, 6.45) is 1.42. The molecule has 42 heavy (non-hydrogen) atoms. The molecule has 0 radical (unpaired) electrons. The third kappa shape index (κ3) is 8.22. The van der Waals surface area contributed by atoms with E-state index in [1.54, 1.807) is 0 Å². The number of amides is 4. The standard InChI is InChI=1S/C30H41N5O6S/c1-32(2)14-6-11-23-12-7-15-35(30(40)41-21-22-9-4-3-5-10-22)26(23)28(37)34-17-16-33(29(38)39)20-25(34)27(36)31-19-24-13-8-18-42-24/h3-5,8-10,13,18,23,25-26H,6-7,11-12,14-17,19-21H2,1-2H3,(H,31,36)(H,38,39)/t23-,25?,26+/m0/s1. The number of likely N-dealkylation sites (tertiary alicyclic amines) is 1. The smallest absolute Gasteiger partial charge is 0.410 e. The Kier molecular flexibility index (Phi) is 11.2. The van der Waals surface area contributed by atoms with Crippen molar-refractivity contribution in [3.63, 3.8) is 0 Å². The molecule has 2 fully saturated rings. The summed E-state index contributed by atoms with van der Waals surface area (Å²) in [4.78, 5) is 60.3. The lowest BCUT2D eigenvalue weighted by Gasteiger charge is -2.45. The van der Waals surface area contributed by atoms with Gasteiger partial charge in [-0.25, -0.2) is 9.59 Å². The Hall–Kier alpha value is -3.64. The highest BCUT2D eigenvalue weighted by molar-refractivity contribution is 7.09. The van der Waals surface area contributed by atoms with E-state index >= 15 is 0 Å². The topological polar surface area (TPSA) is 123 Å². The molecule has 228 valence electrons. The first-order valence-corrected chi connectivity index (χ1v) is 15.3. The molecule has 12 heteroatoms. The summed E-state index contributed by atoms with van der Waals surface area (Å²) >= 11 is 1.50. The molecule has 2 aliphatic rings. The average Bonchev–Trinajstić information content (AvgIpc) is 3.52. The van der Waals surface area contributed by atoms with Gasteiger partial charge < -0.3 is 29.9 Å². The largest absolute Gasteiger partial charge is 0.465 e. The first-order valence-electron chi connectivity index (χ1n) is 14.4. The van der Waals surface area contributed by atoms with Crippen LogP contribution in [0.25, 0.3) is 0 Å². The number of benzene rings is 1. The van der Waals surface area contributed by atoms with Crippen LogP contribution < -0.4 is 5.32 Å². The van der Waals surface area contributed by atoms with Crippen LogP contribution in [-0.2, 0) is 27.5 Å². The molecule has 2 aromatic rings. The fourth-order valence-electron chi connectivity index (χ4n) is 5.71. The molecule has 11 nitrogen and oxygen atoms in total. The first kappa shape index (κ1) is 31.3. The molecule has 3 atom stereocenters. The SMILES string of the molecule is CN(C)CCC[C@H]1CCCN(C(=O)OCc2ccccc2)[C@H]1C(=O)N1CCN(C(=O)O)CC1C(=O)NCc1cccs1. The van der Waals surface area contributed by atoms with Crippen LogP contribution in [0.3, 0.4) is 0 Å². The zero-order valence-corrected chi connectivity index (χ0v) is 25.1. The molecule has 2 N–H and O–H groups in total. The number of carbonyl (C=O) groups excluding carboxylic acids is 3. The third-order valence-electron chi connectivity index (χ3n) is 7.88. The molecule has 2 aliphatic heterocycles. The van der Waals surface area contributed by atoms with Gasteiger partial charge in [-0.15, -0.1) is 11.3 Å². The van der Waals surface area contributed by atoms with E-state index in [-0.39, 0.29) is 44.6 Å². The van der Waals surface area contributed by atoms with E-state index in [9.17, 15) is 24.3 Å². The number of nitrogens with zero attached hydrogens (tertiary/aromatic N) is 4. The van der Waals surface area contributed by atoms with E-state index in [0.717, 1.165) is 42.7 Å². The Labute approximate surface area is 251 Å². The quantitative estimate of drug-likeness (QED) is 0.430. The Balaban J connectivity index is 1.56. The lowest BCUT2D eigenvalue weighted by atomic mass is 9.84. The molecule has 0 aliphatic carbocycles. The number of rotatable bonds is 10. The van der Waals surface area contributed by atoms with Gasteiger partial charge in [0.2, 0.25) is 11.8 Å². The van der Waals surface area contributed by atoms with Gasteiger partial charge in [-0.3, -0.25) is 14.5 Å². The van der Waals surface area contributed by atoms with Crippen molar-refractivity contribution in [3.05, 3.63) is 58.3 Å². The number of nitrogens with one attached hydrogen (secondary N) is 1. The van der Waals surface area contributed by atoms with Crippen molar-refractivity contribution in [1.82, 2.24) is 24.9 Å². The van der Waals surface area contributed by atoms with Gasteiger partial charge in [0.25, 0.3) is 0 Å². The summed E-state index contributed by atoms with van der Waals surface area (Å²) in [5.41, 5.74) is 0.848. The summed E-state index contributed by atoms with van der Waals surface area (Å²) < 4.78 is 5.67. The van der Waals surface area contributed by atoms with Crippen LogP contribution in [0.5, 0.6) is 0 Å². The van der Waals surface area contributed by atoms with E-state index in [1.165, 1.54) is 26.0 Å². The molecule has 0 saturated carbocycles. The number of hydrogen-bond acceptors (Lipinski definition) is 7. The zero-order valence-electron chi connectivity index (χ0n) is 24.3. The van der Waals surface area contributed by atoms with Crippen molar-refractivity contribution < 1.29 is 29.0 Å². The van der Waals surface area contributed by atoms with Crippen LogP contribution in [-0.4, -0.2) is 108 Å². The van der Waals surface area contributed by atoms with E-state index < -0.39 is 30.2 Å². The summed E-state index contributed by atoms with van der Waals surface area (Å²) in [5, 5.41) is 14.5. The van der Waals surface area contributed by atoms with Gasteiger partial charge in [0.05, 0.1) is 13.1 Å². The molecule has 3 heterocycles. The minimum Gasteiger partial charge on any atom is -0.465 e. The maximum atomic E-state index is 14.4. The van der Waals surface area contributed by atoms with Gasteiger partial charge in [0, 0.05) is 24.5 Å². The molecule has 0 spiro atoms. The van der Waals surface area contributed by atoms with Crippen molar-refractivity contribution >= 4 is 35.3 Å². The second kappa shape index (κ2) is 15.0. The number of piperazine rings is 1. The van der Waals surface area contributed by atoms with Gasteiger partial charge in [-0.2, -0.15) is 0 Å². The molecule has 1 aromatic heterocycles. The van der Waals surface area contributed by atoms with Crippen LogP contribution in [0, 0.1) is 5.92 Å². The maximum absolute atomic E-state index is 14.4. The van der Waals surface area contributed by atoms with Gasteiger partial charge in [-0.05, 0) is 69.3 Å². The fraction of sp³-hybridized carbons (Fsp3) is 0.533. The Morgan fingerprint density at radius 2 is 1.83 bits per heavy atom. The lowest BCUT2D eigenvalue weighted by molar-refractivity contribution is -0.150. The summed E-state index contributed by atoms with van der Waals surface area (Å²) in [6, 6.07) is 11.4. The highest BCUT2D eigenvalue weighted by atomic mass is 32.1. The van der Waals surface area contributed by atoms with Crippen molar-refractivity contribution in [1.29, 1.82) is 0 Å². The van der Waals surface area contributed by atoms with Crippen molar-refractivity contribution in [2.24, 2.45) is 5.92 Å². The van der Waals surface area contributed by atoms with Crippen LogP contribution in [0.1, 0.15) is 36.1 Å². The van der Waals surface area contributed by atoms with Crippen LogP contribution in [0.15, 0.2) is 47.8 Å². The van der Waals surface area contributed by atoms with Gasteiger partial charge >= 0.3 is 12.2 Å². The van der Waals surface area contributed by atoms with Crippen molar-refractivity contribution in [3.8, 4) is 0 Å². The average molecular weight is 600 g/mol. The third-order valence-corrected chi connectivity index (χ3v) is 8.76. The van der Waals surface area contributed by atoms with Crippen molar-refractivity contribution in [2.75, 3.05) is 46.8 Å². The summed E-state index contributed by atoms with van der Waals surface area (Å²) in [7, 11) is 4.00.